The molecule has 0 N–H and O–H groups in total. The summed E-state index contributed by atoms with van der Waals surface area (Å²) < 4.78 is 12.3. The quantitative estimate of drug-likeness (QED) is 0.594. The average Bonchev–Trinajstić information content (AvgIpc) is 2.13. The maximum atomic E-state index is 12.3. The summed E-state index contributed by atoms with van der Waals surface area (Å²) in [6, 6.07) is 0. The van der Waals surface area contributed by atoms with Gasteiger partial charge in [-0.3, -0.25) is 0 Å². The molecule has 0 amide bonds. The van der Waals surface area contributed by atoms with Crippen LogP contribution in [0.15, 0.2) is 12.4 Å². The Balaban J connectivity index is 4.67. The molecule has 0 rings (SSSR count). The Hall–Kier alpha value is -0.0300. The van der Waals surface area contributed by atoms with Crippen LogP contribution >= 0.6 is 7.14 Å². The van der Waals surface area contributed by atoms with Gasteiger partial charge in [0.2, 0.25) is 0 Å². The van der Waals surface area contributed by atoms with Crippen molar-refractivity contribution in [3.8, 4) is 0 Å². The van der Waals surface area contributed by atoms with Crippen molar-refractivity contribution in [1.29, 1.82) is 0 Å². The highest BCUT2D eigenvalue weighted by Crippen LogP contribution is 2.58. The first-order valence-corrected chi connectivity index (χ1v) is 6.67. The lowest BCUT2D eigenvalue weighted by molar-refractivity contribution is 0.559. The summed E-state index contributed by atoms with van der Waals surface area (Å²) in [6.45, 7) is 12.0. The van der Waals surface area contributed by atoms with Crippen molar-refractivity contribution in [3.05, 3.63) is 12.4 Å². The fourth-order valence-electron chi connectivity index (χ4n) is 1.37. The van der Waals surface area contributed by atoms with Gasteiger partial charge in [0, 0.05) is 11.3 Å². The van der Waals surface area contributed by atoms with Gasteiger partial charge in [0.25, 0.3) is 0 Å². The molecule has 0 saturated carbocycles. The monoisotopic (exact) mass is 188 g/mol. The third-order valence-corrected chi connectivity index (χ3v) is 6.90. The van der Waals surface area contributed by atoms with Gasteiger partial charge in [0.15, 0.2) is 0 Å². The minimum Gasteiger partial charge on any atom is -0.319 e. The van der Waals surface area contributed by atoms with Crippen LogP contribution in [0.5, 0.6) is 0 Å². The fraction of sp³-hybridized carbons (Fsp3) is 0.800. The second-order valence-electron chi connectivity index (χ2n) is 3.46. The zero-order chi connectivity index (χ0) is 9.78. The summed E-state index contributed by atoms with van der Waals surface area (Å²) in [7, 11) is -2.12. The van der Waals surface area contributed by atoms with Crippen molar-refractivity contribution in [2.24, 2.45) is 0 Å². The molecule has 0 bridgehead atoms. The van der Waals surface area contributed by atoms with E-state index >= 15 is 0 Å². The Kier molecular flexibility index (Phi) is 4.85. The van der Waals surface area contributed by atoms with E-state index in [0.717, 1.165) is 12.8 Å². The van der Waals surface area contributed by atoms with Crippen molar-refractivity contribution < 1.29 is 4.57 Å². The van der Waals surface area contributed by atoms with Gasteiger partial charge in [-0.15, -0.1) is 0 Å². The zero-order valence-corrected chi connectivity index (χ0v) is 9.60. The van der Waals surface area contributed by atoms with E-state index in [0.29, 0.717) is 11.3 Å². The van der Waals surface area contributed by atoms with Gasteiger partial charge in [0.05, 0.1) is 0 Å². The van der Waals surface area contributed by atoms with Gasteiger partial charge >= 0.3 is 0 Å². The number of rotatable bonds is 5. The lowest BCUT2D eigenvalue weighted by Crippen LogP contribution is -2.10. The van der Waals surface area contributed by atoms with Gasteiger partial charge in [-0.25, -0.2) is 0 Å². The van der Waals surface area contributed by atoms with E-state index in [1.54, 1.807) is 5.82 Å². The van der Waals surface area contributed by atoms with Gasteiger partial charge in [-0.1, -0.05) is 34.3 Å². The SMILES string of the molecule is C=CP(=O)(C(C)CC)C(C)CC. The molecule has 0 radical (unpaired) electrons. The highest BCUT2D eigenvalue weighted by molar-refractivity contribution is 7.68. The second kappa shape index (κ2) is 4.87. The molecule has 2 atom stereocenters. The molecule has 0 spiro atoms. The van der Waals surface area contributed by atoms with Crippen LogP contribution in [0.2, 0.25) is 0 Å². The topological polar surface area (TPSA) is 17.1 Å². The van der Waals surface area contributed by atoms with E-state index in [4.69, 9.17) is 0 Å². The molecular formula is C10H21OP. The van der Waals surface area contributed by atoms with E-state index in [1.165, 1.54) is 0 Å². The lowest BCUT2D eigenvalue weighted by atomic mass is 10.4. The largest absolute Gasteiger partial charge is 0.319 e. The fourth-order valence-corrected chi connectivity index (χ4v) is 4.10. The Labute approximate surface area is 76.6 Å². The standard InChI is InChI=1S/C10H21OP/c1-6-9(4)12(11,8-3)10(5)7-2/h8-10H,3,6-7H2,1-2,4-5H3. The van der Waals surface area contributed by atoms with E-state index < -0.39 is 7.14 Å². The van der Waals surface area contributed by atoms with Gasteiger partial charge in [-0.05, 0) is 18.7 Å². The van der Waals surface area contributed by atoms with Gasteiger partial charge in [0.1, 0.15) is 7.14 Å². The average molecular weight is 188 g/mol. The summed E-state index contributed by atoms with van der Waals surface area (Å²) in [6.07, 6.45) is 1.96. The van der Waals surface area contributed by atoms with E-state index in [-0.39, 0.29) is 0 Å². The predicted molar refractivity (Wildman–Crippen MR) is 57.3 cm³/mol. The Morgan fingerprint density at radius 1 is 1.25 bits per heavy atom. The molecule has 2 unspecified atom stereocenters. The van der Waals surface area contributed by atoms with Crippen LogP contribution in [-0.2, 0) is 4.57 Å². The molecule has 12 heavy (non-hydrogen) atoms. The van der Waals surface area contributed by atoms with Gasteiger partial charge < -0.3 is 4.57 Å². The van der Waals surface area contributed by atoms with E-state index in [2.05, 4.69) is 34.3 Å². The van der Waals surface area contributed by atoms with Crippen molar-refractivity contribution >= 4 is 7.14 Å². The summed E-state index contributed by atoms with van der Waals surface area (Å²) >= 11 is 0. The Morgan fingerprint density at radius 2 is 1.58 bits per heavy atom. The highest BCUT2D eigenvalue weighted by Gasteiger charge is 2.29. The van der Waals surface area contributed by atoms with Crippen molar-refractivity contribution in [2.45, 2.75) is 51.9 Å². The molecule has 1 nitrogen and oxygen atoms in total. The molecule has 0 aliphatic heterocycles. The predicted octanol–water partition coefficient (Wildman–Crippen LogP) is 4.09. The highest BCUT2D eigenvalue weighted by atomic mass is 31.2. The summed E-state index contributed by atoms with van der Waals surface area (Å²) in [5.74, 6) is 1.70. The minimum absolute atomic E-state index is 0.296. The third kappa shape index (κ3) is 2.23. The second-order valence-corrected chi connectivity index (χ2v) is 7.12. The molecular weight excluding hydrogens is 167 g/mol. The Bertz CT molecular complexity index is 172. The van der Waals surface area contributed by atoms with E-state index in [9.17, 15) is 4.57 Å². The first-order chi connectivity index (χ1) is 5.52. The van der Waals surface area contributed by atoms with Crippen molar-refractivity contribution in [3.63, 3.8) is 0 Å². The van der Waals surface area contributed by atoms with E-state index in [1.807, 2.05) is 0 Å². The van der Waals surface area contributed by atoms with Gasteiger partial charge in [-0.2, -0.15) is 0 Å². The summed E-state index contributed by atoms with van der Waals surface area (Å²) in [5, 5.41) is 0. The lowest BCUT2D eigenvalue weighted by Gasteiger charge is -2.25. The maximum absolute atomic E-state index is 12.3. The normalized spacial score (nSPS) is 21.0. The van der Waals surface area contributed by atoms with Crippen LogP contribution in [0.25, 0.3) is 0 Å². The molecule has 0 aromatic carbocycles. The third-order valence-electron chi connectivity index (χ3n) is 2.84. The molecule has 2 heteroatoms. The van der Waals surface area contributed by atoms with Crippen LogP contribution in [0, 0.1) is 0 Å². The molecule has 0 heterocycles. The molecule has 0 fully saturated rings. The minimum atomic E-state index is -2.12. The summed E-state index contributed by atoms with van der Waals surface area (Å²) in [5.41, 5.74) is 0.592. The Morgan fingerprint density at radius 3 is 1.75 bits per heavy atom. The van der Waals surface area contributed by atoms with Crippen LogP contribution < -0.4 is 0 Å². The number of hydrogen-bond donors (Lipinski definition) is 0. The van der Waals surface area contributed by atoms with Crippen molar-refractivity contribution in [1.82, 2.24) is 0 Å². The first kappa shape index (κ1) is 12.0. The smallest absolute Gasteiger partial charge is 0.113 e. The summed E-state index contributed by atoms with van der Waals surface area (Å²) in [4.78, 5) is 0. The molecule has 0 aromatic rings. The van der Waals surface area contributed by atoms with Crippen molar-refractivity contribution in [2.75, 3.05) is 0 Å². The van der Waals surface area contributed by atoms with Crippen LogP contribution in [0.1, 0.15) is 40.5 Å². The zero-order valence-electron chi connectivity index (χ0n) is 8.71. The first-order valence-electron chi connectivity index (χ1n) is 4.75. The molecule has 0 aliphatic rings. The molecule has 72 valence electrons. The molecule has 0 saturated heterocycles. The van der Waals surface area contributed by atoms with Crippen LogP contribution in [0.3, 0.4) is 0 Å². The van der Waals surface area contributed by atoms with Crippen LogP contribution in [0.4, 0.5) is 0 Å². The maximum Gasteiger partial charge on any atom is 0.113 e. The molecule has 0 aromatic heterocycles. The number of hydrogen-bond acceptors (Lipinski definition) is 1. The molecule has 0 aliphatic carbocycles. The van der Waals surface area contributed by atoms with Crippen LogP contribution in [-0.4, -0.2) is 11.3 Å².